The zero-order valence-electron chi connectivity index (χ0n) is 15.9. The van der Waals surface area contributed by atoms with Gasteiger partial charge in [-0.1, -0.05) is 30.3 Å². The maximum absolute atomic E-state index is 12.4. The van der Waals surface area contributed by atoms with Gasteiger partial charge in [0.05, 0.1) is 10.6 Å². The van der Waals surface area contributed by atoms with Crippen LogP contribution in [0.15, 0.2) is 65.1 Å². The minimum atomic E-state index is -0.214. The van der Waals surface area contributed by atoms with Gasteiger partial charge in [-0.15, -0.1) is 11.3 Å². The second-order valence-corrected chi connectivity index (χ2v) is 7.33. The van der Waals surface area contributed by atoms with Crippen molar-refractivity contribution in [2.75, 3.05) is 5.32 Å². The number of amides is 2. The maximum Gasteiger partial charge on any atom is 0.281 e. The van der Waals surface area contributed by atoms with E-state index in [1.54, 1.807) is 6.07 Å². The van der Waals surface area contributed by atoms with Gasteiger partial charge < -0.3 is 5.32 Å². The van der Waals surface area contributed by atoms with E-state index in [0.29, 0.717) is 21.8 Å². The second kappa shape index (κ2) is 8.63. The molecule has 3 aromatic rings. The van der Waals surface area contributed by atoms with Crippen LogP contribution in [0.2, 0.25) is 0 Å². The molecule has 0 radical (unpaired) electrons. The van der Waals surface area contributed by atoms with Gasteiger partial charge in [-0.25, -0.2) is 5.43 Å². The number of anilines is 1. The highest BCUT2D eigenvalue weighted by Crippen LogP contribution is 2.16. The van der Waals surface area contributed by atoms with Crippen LogP contribution in [0.4, 0.5) is 5.69 Å². The number of benzene rings is 2. The van der Waals surface area contributed by atoms with Crippen LogP contribution >= 0.6 is 11.3 Å². The van der Waals surface area contributed by atoms with Crippen LogP contribution < -0.4 is 10.7 Å². The van der Waals surface area contributed by atoms with Crippen molar-refractivity contribution in [3.05, 3.63) is 87.1 Å². The molecule has 1 heterocycles. The minimum Gasteiger partial charge on any atom is -0.322 e. The number of hydrazone groups is 1. The van der Waals surface area contributed by atoms with Crippen LogP contribution in [0.1, 0.15) is 43.6 Å². The first kappa shape index (κ1) is 19.5. The van der Waals surface area contributed by atoms with Gasteiger partial charge in [0.15, 0.2) is 0 Å². The summed E-state index contributed by atoms with van der Waals surface area (Å²) in [4.78, 5) is 25.2. The fourth-order valence-corrected chi connectivity index (χ4v) is 3.49. The van der Waals surface area contributed by atoms with Gasteiger partial charge in [-0.05, 0) is 67.1 Å². The Balaban J connectivity index is 1.65. The van der Waals surface area contributed by atoms with Gasteiger partial charge >= 0.3 is 0 Å². The van der Waals surface area contributed by atoms with Gasteiger partial charge in [0, 0.05) is 11.3 Å². The summed E-state index contributed by atoms with van der Waals surface area (Å²) >= 11 is 1.39. The lowest BCUT2D eigenvalue weighted by atomic mass is 10.1. The van der Waals surface area contributed by atoms with E-state index in [4.69, 9.17) is 0 Å². The highest BCUT2D eigenvalue weighted by Gasteiger charge is 2.10. The molecule has 6 heteroatoms. The molecule has 0 saturated heterocycles. The number of thiophene rings is 1. The van der Waals surface area contributed by atoms with E-state index in [-0.39, 0.29) is 11.8 Å². The third-order valence-corrected chi connectivity index (χ3v) is 5.36. The quantitative estimate of drug-likeness (QED) is 0.486. The van der Waals surface area contributed by atoms with E-state index >= 15 is 0 Å². The van der Waals surface area contributed by atoms with Crippen molar-refractivity contribution in [2.24, 2.45) is 5.10 Å². The molecule has 0 unspecified atom stereocenters. The molecule has 142 valence electrons. The van der Waals surface area contributed by atoms with E-state index in [0.717, 1.165) is 16.7 Å². The molecule has 2 amide bonds. The summed E-state index contributed by atoms with van der Waals surface area (Å²) in [6.45, 7) is 5.62. The predicted molar refractivity (Wildman–Crippen MR) is 114 cm³/mol. The summed E-state index contributed by atoms with van der Waals surface area (Å²) in [6.07, 6.45) is 0. The lowest BCUT2D eigenvalue weighted by molar-refractivity contribution is 0.0957. The number of nitrogens with zero attached hydrogens (tertiary/aromatic N) is 1. The molecule has 2 N–H and O–H groups in total. The van der Waals surface area contributed by atoms with Gasteiger partial charge in [0.25, 0.3) is 11.8 Å². The number of carbonyl (C=O) groups excluding carboxylic acids is 2. The number of carbonyl (C=O) groups is 2. The van der Waals surface area contributed by atoms with Crippen LogP contribution in [-0.2, 0) is 0 Å². The van der Waals surface area contributed by atoms with E-state index < -0.39 is 0 Å². The number of hydrogen-bond acceptors (Lipinski definition) is 4. The molecule has 28 heavy (non-hydrogen) atoms. The Labute approximate surface area is 168 Å². The second-order valence-electron chi connectivity index (χ2n) is 6.42. The summed E-state index contributed by atoms with van der Waals surface area (Å²) in [5, 5.41) is 8.95. The van der Waals surface area contributed by atoms with Gasteiger partial charge in [-0.2, -0.15) is 5.10 Å². The summed E-state index contributed by atoms with van der Waals surface area (Å²) in [7, 11) is 0. The first-order valence-corrected chi connectivity index (χ1v) is 9.70. The van der Waals surface area contributed by atoms with Crippen molar-refractivity contribution in [3.8, 4) is 0 Å². The Morgan fingerprint density at radius 2 is 1.61 bits per heavy atom. The minimum absolute atomic E-state index is 0.144. The van der Waals surface area contributed by atoms with Crippen LogP contribution in [0.3, 0.4) is 0 Å². The molecule has 0 saturated carbocycles. The molecular formula is C22H21N3O2S. The Bertz CT molecular complexity index is 1040. The molecule has 5 nitrogen and oxygen atoms in total. The topological polar surface area (TPSA) is 70.6 Å². The Morgan fingerprint density at radius 3 is 2.25 bits per heavy atom. The lowest BCUT2D eigenvalue weighted by Gasteiger charge is -2.08. The molecule has 3 rings (SSSR count). The normalized spacial score (nSPS) is 11.2. The van der Waals surface area contributed by atoms with Gasteiger partial charge in [-0.3, -0.25) is 9.59 Å². The average Bonchev–Trinajstić information content (AvgIpc) is 3.12. The van der Waals surface area contributed by atoms with Crippen LogP contribution in [0, 0.1) is 13.8 Å². The molecular weight excluding hydrogens is 370 g/mol. The van der Waals surface area contributed by atoms with E-state index in [1.807, 2.05) is 74.7 Å². The Hall–Kier alpha value is -3.25. The molecule has 0 bridgehead atoms. The first-order valence-electron chi connectivity index (χ1n) is 8.82. The zero-order valence-corrected chi connectivity index (χ0v) is 16.8. The van der Waals surface area contributed by atoms with Gasteiger partial charge in [0.2, 0.25) is 0 Å². The average molecular weight is 391 g/mol. The van der Waals surface area contributed by atoms with Crippen LogP contribution in [0.5, 0.6) is 0 Å². The molecule has 0 aliphatic rings. The van der Waals surface area contributed by atoms with Crippen molar-refractivity contribution in [1.29, 1.82) is 0 Å². The number of aryl methyl sites for hydroxylation is 2. The summed E-state index contributed by atoms with van der Waals surface area (Å²) in [5.74, 6) is -0.358. The van der Waals surface area contributed by atoms with Crippen molar-refractivity contribution in [3.63, 3.8) is 0 Å². The molecule has 0 aliphatic carbocycles. The van der Waals surface area contributed by atoms with Crippen LogP contribution in [0.25, 0.3) is 0 Å². The molecule has 1 aromatic heterocycles. The van der Waals surface area contributed by atoms with E-state index in [1.165, 1.54) is 11.3 Å². The number of nitrogens with one attached hydrogen (secondary N) is 2. The summed E-state index contributed by atoms with van der Waals surface area (Å²) < 4.78 is 0. The highest BCUT2D eigenvalue weighted by atomic mass is 32.1. The maximum atomic E-state index is 12.4. The Morgan fingerprint density at radius 1 is 0.893 bits per heavy atom. The van der Waals surface area contributed by atoms with Crippen molar-refractivity contribution >= 4 is 34.6 Å². The van der Waals surface area contributed by atoms with E-state index in [9.17, 15) is 9.59 Å². The fraction of sp³-hybridized carbons (Fsp3) is 0.136. The predicted octanol–water partition coefficient (Wildman–Crippen LogP) is 4.77. The molecule has 0 spiro atoms. The Kier molecular flexibility index (Phi) is 6.01. The van der Waals surface area contributed by atoms with Crippen molar-refractivity contribution < 1.29 is 9.59 Å². The largest absolute Gasteiger partial charge is 0.322 e. The van der Waals surface area contributed by atoms with E-state index in [2.05, 4.69) is 15.8 Å². The molecule has 0 fully saturated rings. The van der Waals surface area contributed by atoms with Crippen LogP contribution in [-0.4, -0.2) is 17.5 Å². The smallest absolute Gasteiger partial charge is 0.281 e. The van der Waals surface area contributed by atoms with Crippen molar-refractivity contribution in [1.82, 2.24) is 5.43 Å². The first-order chi connectivity index (χ1) is 13.5. The molecule has 2 aromatic carbocycles. The summed E-state index contributed by atoms with van der Waals surface area (Å²) in [5.41, 5.74) is 7.33. The SMILES string of the molecule is C/C(=N\NC(=O)c1sccc1C)c1ccc(NC(=O)c2ccccc2C)cc1. The molecule has 0 aliphatic heterocycles. The lowest BCUT2D eigenvalue weighted by Crippen LogP contribution is -2.19. The van der Waals surface area contributed by atoms with Crippen molar-refractivity contribution in [2.45, 2.75) is 20.8 Å². The number of hydrogen-bond donors (Lipinski definition) is 2. The summed E-state index contributed by atoms with van der Waals surface area (Å²) in [6, 6.07) is 16.7. The third kappa shape index (κ3) is 4.53. The third-order valence-electron chi connectivity index (χ3n) is 4.34. The monoisotopic (exact) mass is 391 g/mol. The standard InChI is InChI=1S/C22H21N3O2S/c1-14-6-4-5-7-19(14)21(26)23-18-10-8-17(9-11-18)16(3)24-25-22(27)20-15(2)12-13-28-20/h4-13H,1-3H3,(H,23,26)(H,25,27)/b24-16+. The highest BCUT2D eigenvalue weighted by molar-refractivity contribution is 7.12. The van der Waals surface area contributed by atoms with Gasteiger partial charge in [0.1, 0.15) is 0 Å². The fourth-order valence-electron chi connectivity index (χ4n) is 2.68. The number of rotatable bonds is 5. The zero-order chi connectivity index (χ0) is 20.1. The molecule has 0 atom stereocenters.